The highest BCUT2D eigenvalue weighted by Crippen LogP contribution is 2.28. The fourth-order valence-corrected chi connectivity index (χ4v) is 4.14. The number of aromatic amines is 1. The lowest BCUT2D eigenvalue weighted by Crippen LogP contribution is -2.13. The van der Waals surface area contributed by atoms with Crippen molar-refractivity contribution in [2.45, 2.75) is 32.7 Å². The van der Waals surface area contributed by atoms with E-state index in [-0.39, 0.29) is 5.56 Å². The Morgan fingerprint density at radius 3 is 2.79 bits per heavy atom. The highest BCUT2D eigenvalue weighted by Gasteiger charge is 2.14. The Balaban J connectivity index is 1.70. The second kappa shape index (κ2) is 7.83. The van der Waals surface area contributed by atoms with Gasteiger partial charge in [0.05, 0.1) is 5.52 Å². The topological polar surface area (TPSA) is 74.5 Å². The van der Waals surface area contributed by atoms with E-state index in [1.807, 2.05) is 34.2 Å². The van der Waals surface area contributed by atoms with E-state index in [9.17, 15) is 10.1 Å². The standard InChI is InChI=1S/C22H20N4OS/c1-2-3-4-20-25-18-9-11-24-22(27)21(18)26(20)14-15-5-7-16(8-6-15)17-10-12-28-19(17)13-23/h5-12H,2-4,14H2,1H3,(H,24,27). The van der Waals surface area contributed by atoms with E-state index in [1.165, 1.54) is 11.3 Å². The molecule has 6 heteroatoms. The van der Waals surface area contributed by atoms with Gasteiger partial charge in [-0.1, -0.05) is 37.6 Å². The van der Waals surface area contributed by atoms with Crippen LogP contribution in [-0.4, -0.2) is 14.5 Å². The lowest BCUT2D eigenvalue weighted by atomic mass is 10.0. The fraction of sp³-hybridized carbons (Fsp3) is 0.227. The molecule has 0 saturated carbocycles. The molecule has 0 aliphatic rings. The van der Waals surface area contributed by atoms with Crippen molar-refractivity contribution in [3.05, 3.63) is 74.6 Å². The third-order valence-electron chi connectivity index (χ3n) is 4.87. The number of rotatable bonds is 6. The summed E-state index contributed by atoms with van der Waals surface area (Å²) >= 11 is 1.45. The molecule has 4 aromatic rings. The van der Waals surface area contributed by atoms with E-state index in [2.05, 4.69) is 30.1 Å². The van der Waals surface area contributed by atoms with Crippen LogP contribution in [-0.2, 0) is 13.0 Å². The average molecular weight is 388 g/mol. The first-order valence-electron chi connectivity index (χ1n) is 9.35. The molecule has 0 radical (unpaired) electrons. The zero-order valence-corrected chi connectivity index (χ0v) is 16.4. The molecule has 0 fully saturated rings. The van der Waals surface area contributed by atoms with Gasteiger partial charge in [-0.3, -0.25) is 4.79 Å². The Morgan fingerprint density at radius 2 is 2.04 bits per heavy atom. The third kappa shape index (κ3) is 3.37. The molecule has 140 valence electrons. The van der Waals surface area contributed by atoms with Crippen molar-refractivity contribution in [3.63, 3.8) is 0 Å². The normalized spacial score (nSPS) is 11.0. The minimum Gasteiger partial charge on any atom is -0.327 e. The fourth-order valence-electron chi connectivity index (χ4n) is 3.43. The van der Waals surface area contributed by atoms with Crippen molar-refractivity contribution in [2.75, 3.05) is 0 Å². The smallest absolute Gasteiger partial charge is 0.274 e. The number of H-pyrrole nitrogens is 1. The van der Waals surface area contributed by atoms with E-state index in [0.717, 1.165) is 52.2 Å². The Morgan fingerprint density at radius 1 is 1.21 bits per heavy atom. The third-order valence-corrected chi connectivity index (χ3v) is 5.69. The second-order valence-electron chi connectivity index (χ2n) is 6.73. The van der Waals surface area contributed by atoms with Crippen molar-refractivity contribution in [3.8, 4) is 17.2 Å². The quantitative estimate of drug-likeness (QED) is 0.519. The van der Waals surface area contributed by atoms with Crippen LogP contribution in [0, 0.1) is 11.3 Å². The van der Waals surface area contributed by atoms with Gasteiger partial charge in [-0.25, -0.2) is 4.98 Å². The molecule has 0 unspecified atom stereocenters. The summed E-state index contributed by atoms with van der Waals surface area (Å²) in [5, 5.41) is 11.2. The number of benzene rings is 1. The Labute approximate surface area is 166 Å². The highest BCUT2D eigenvalue weighted by molar-refractivity contribution is 7.11. The van der Waals surface area contributed by atoms with Crippen LogP contribution in [0.25, 0.3) is 22.2 Å². The predicted octanol–water partition coefficient (Wildman–Crippen LogP) is 4.72. The molecule has 0 saturated heterocycles. The molecule has 4 rings (SSSR count). The molecule has 28 heavy (non-hydrogen) atoms. The number of nitrogens with zero attached hydrogens (tertiary/aromatic N) is 3. The van der Waals surface area contributed by atoms with Gasteiger partial charge < -0.3 is 9.55 Å². The average Bonchev–Trinajstić information content (AvgIpc) is 3.32. The number of thiophene rings is 1. The summed E-state index contributed by atoms with van der Waals surface area (Å²) in [6.45, 7) is 2.75. The summed E-state index contributed by atoms with van der Waals surface area (Å²) in [6.07, 6.45) is 4.61. The van der Waals surface area contributed by atoms with Gasteiger partial charge in [0, 0.05) is 24.7 Å². The molecular weight excluding hydrogens is 368 g/mol. The van der Waals surface area contributed by atoms with E-state index in [0.29, 0.717) is 12.1 Å². The van der Waals surface area contributed by atoms with Crippen LogP contribution in [0.15, 0.2) is 52.8 Å². The Bertz CT molecular complexity index is 1210. The summed E-state index contributed by atoms with van der Waals surface area (Å²) in [4.78, 5) is 20.6. The monoisotopic (exact) mass is 388 g/mol. The first-order valence-corrected chi connectivity index (χ1v) is 10.2. The molecule has 3 aromatic heterocycles. The lowest BCUT2D eigenvalue weighted by molar-refractivity contribution is 0.688. The lowest BCUT2D eigenvalue weighted by Gasteiger charge is -2.10. The number of imidazole rings is 1. The molecule has 3 heterocycles. The Hall–Kier alpha value is -3.17. The van der Waals surface area contributed by atoms with Crippen LogP contribution < -0.4 is 5.56 Å². The first-order chi connectivity index (χ1) is 13.7. The minimum absolute atomic E-state index is 0.110. The van der Waals surface area contributed by atoms with Gasteiger partial charge in [-0.05, 0) is 35.1 Å². The van der Waals surface area contributed by atoms with Crippen LogP contribution in [0.1, 0.15) is 36.0 Å². The molecule has 1 aromatic carbocycles. The van der Waals surface area contributed by atoms with E-state index < -0.39 is 0 Å². The van der Waals surface area contributed by atoms with Crippen molar-refractivity contribution in [1.82, 2.24) is 14.5 Å². The number of pyridine rings is 1. The molecule has 0 spiro atoms. The zero-order chi connectivity index (χ0) is 19.5. The van der Waals surface area contributed by atoms with Crippen molar-refractivity contribution >= 4 is 22.4 Å². The zero-order valence-electron chi connectivity index (χ0n) is 15.6. The maximum Gasteiger partial charge on any atom is 0.274 e. The van der Waals surface area contributed by atoms with Gasteiger partial charge in [-0.15, -0.1) is 11.3 Å². The molecule has 0 aliphatic heterocycles. The van der Waals surface area contributed by atoms with Crippen molar-refractivity contribution in [2.24, 2.45) is 0 Å². The summed E-state index contributed by atoms with van der Waals surface area (Å²) in [7, 11) is 0. The molecule has 0 atom stereocenters. The molecular formula is C22H20N4OS. The van der Waals surface area contributed by atoms with Crippen molar-refractivity contribution < 1.29 is 0 Å². The molecule has 0 amide bonds. The number of aromatic nitrogens is 3. The van der Waals surface area contributed by atoms with Crippen LogP contribution in [0.5, 0.6) is 0 Å². The Kier molecular flexibility index (Phi) is 5.09. The van der Waals surface area contributed by atoms with E-state index in [4.69, 9.17) is 4.98 Å². The first kappa shape index (κ1) is 18.2. The van der Waals surface area contributed by atoms with Gasteiger partial charge in [0.1, 0.15) is 22.3 Å². The van der Waals surface area contributed by atoms with Gasteiger partial charge in [0.2, 0.25) is 0 Å². The van der Waals surface area contributed by atoms with E-state index >= 15 is 0 Å². The number of fused-ring (bicyclic) bond motifs is 1. The summed E-state index contributed by atoms with van der Waals surface area (Å²) < 4.78 is 2.03. The number of aryl methyl sites for hydroxylation is 1. The summed E-state index contributed by atoms with van der Waals surface area (Å²) in [5.74, 6) is 0.947. The number of nitrogens with one attached hydrogen (secondary N) is 1. The molecule has 1 N–H and O–H groups in total. The van der Waals surface area contributed by atoms with Gasteiger partial charge in [0.25, 0.3) is 5.56 Å². The SMILES string of the molecule is CCCCc1nc2cc[nH]c(=O)c2n1Cc1ccc(-c2ccsc2C#N)cc1. The van der Waals surface area contributed by atoms with Gasteiger partial charge in [0.15, 0.2) is 0 Å². The van der Waals surface area contributed by atoms with Gasteiger partial charge >= 0.3 is 0 Å². The molecule has 5 nitrogen and oxygen atoms in total. The van der Waals surface area contributed by atoms with Crippen molar-refractivity contribution in [1.29, 1.82) is 5.26 Å². The predicted molar refractivity (Wildman–Crippen MR) is 113 cm³/mol. The number of hydrogen-bond donors (Lipinski definition) is 1. The minimum atomic E-state index is -0.110. The van der Waals surface area contributed by atoms with Crippen LogP contribution in [0.3, 0.4) is 0 Å². The largest absolute Gasteiger partial charge is 0.327 e. The van der Waals surface area contributed by atoms with Crippen LogP contribution >= 0.6 is 11.3 Å². The van der Waals surface area contributed by atoms with E-state index in [1.54, 1.807) is 6.20 Å². The number of unbranched alkanes of at least 4 members (excludes halogenated alkanes) is 1. The number of nitriles is 1. The molecule has 0 bridgehead atoms. The van der Waals surface area contributed by atoms with Crippen LogP contribution in [0.2, 0.25) is 0 Å². The van der Waals surface area contributed by atoms with Gasteiger partial charge in [-0.2, -0.15) is 5.26 Å². The number of hydrogen-bond acceptors (Lipinski definition) is 4. The maximum absolute atomic E-state index is 12.4. The molecule has 0 aliphatic carbocycles. The summed E-state index contributed by atoms with van der Waals surface area (Å²) in [6, 6.07) is 14.3. The summed E-state index contributed by atoms with van der Waals surface area (Å²) in [5.41, 5.74) is 4.35. The highest BCUT2D eigenvalue weighted by atomic mass is 32.1. The second-order valence-corrected chi connectivity index (χ2v) is 7.65. The maximum atomic E-state index is 12.4. The van der Waals surface area contributed by atoms with Crippen LogP contribution in [0.4, 0.5) is 0 Å².